The molecule has 0 atom stereocenters. The molecule has 0 saturated heterocycles. The Morgan fingerprint density at radius 1 is 1.44 bits per heavy atom. The molecule has 0 fully saturated rings. The smallest absolute Gasteiger partial charge is 0.145 e. The molecule has 0 spiro atoms. The highest BCUT2D eigenvalue weighted by Gasteiger charge is 2.08. The van der Waals surface area contributed by atoms with Gasteiger partial charge in [0, 0.05) is 25.6 Å². The van der Waals surface area contributed by atoms with Gasteiger partial charge in [0.15, 0.2) is 0 Å². The minimum atomic E-state index is 0.102. The largest absolute Gasteiger partial charge is 0.395 e. The molecule has 0 unspecified atom stereocenters. The summed E-state index contributed by atoms with van der Waals surface area (Å²) in [6.45, 7) is 5.44. The highest BCUT2D eigenvalue weighted by molar-refractivity contribution is 5.48. The van der Waals surface area contributed by atoms with Gasteiger partial charge in [-0.1, -0.05) is 6.92 Å². The van der Waals surface area contributed by atoms with Crippen LogP contribution in [0.2, 0.25) is 0 Å². The van der Waals surface area contributed by atoms with E-state index in [0.717, 1.165) is 24.6 Å². The van der Waals surface area contributed by atoms with Gasteiger partial charge < -0.3 is 15.4 Å². The number of aryl methyl sites for hydroxylation is 1. The second-order valence-corrected chi connectivity index (χ2v) is 3.33. The first-order valence-electron chi connectivity index (χ1n) is 5.45. The summed E-state index contributed by atoms with van der Waals surface area (Å²) in [6, 6.07) is 1.78. The molecule has 0 saturated carbocycles. The Bertz CT molecular complexity index is 309. The zero-order valence-electron chi connectivity index (χ0n) is 9.77. The Kier molecular flexibility index (Phi) is 4.94. The predicted octanol–water partition coefficient (Wildman–Crippen LogP) is 0.143. The minimum absolute atomic E-state index is 0.102. The van der Waals surface area contributed by atoms with Crippen LogP contribution in [0.25, 0.3) is 0 Å². The third kappa shape index (κ3) is 3.04. The quantitative estimate of drug-likeness (QED) is 0.471. The molecular weight excluding hydrogens is 206 g/mol. The number of nitrogens with two attached hydrogens (primary N) is 1. The standard InChI is InChI=1S/C10H19N5O/c1-3-8-12-9(14-11)7-10(13-8)15(4-2)5-6-16/h7,16H,3-6,11H2,1-2H3,(H,12,13,14). The van der Waals surface area contributed by atoms with Crippen LogP contribution in [0.15, 0.2) is 6.07 Å². The van der Waals surface area contributed by atoms with E-state index in [-0.39, 0.29) is 6.61 Å². The summed E-state index contributed by atoms with van der Waals surface area (Å²) in [7, 11) is 0. The van der Waals surface area contributed by atoms with Crippen molar-refractivity contribution in [3.05, 3.63) is 11.9 Å². The van der Waals surface area contributed by atoms with Gasteiger partial charge in [0.25, 0.3) is 0 Å². The second kappa shape index (κ2) is 6.24. The van der Waals surface area contributed by atoms with Crippen molar-refractivity contribution in [2.75, 3.05) is 30.0 Å². The summed E-state index contributed by atoms with van der Waals surface area (Å²) in [6.07, 6.45) is 0.749. The molecule has 6 heteroatoms. The molecule has 1 rings (SSSR count). The van der Waals surface area contributed by atoms with Crippen LogP contribution >= 0.6 is 0 Å². The first-order valence-corrected chi connectivity index (χ1v) is 5.45. The molecule has 0 aliphatic rings. The van der Waals surface area contributed by atoms with Crippen LogP contribution < -0.4 is 16.2 Å². The summed E-state index contributed by atoms with van der Waals surface area (Å²) >= 11 is 0. The number of nitrogen functional groups attached to an aromatic ring is 1. The van der Waals surface area contributed by atoms with Crippen molar-refractivity contribution in [3.63, 3.8) is 0 Å². The van der Waals surface area contributed by atoms with Crippen LogP contribution in [0.4, 0.5) is 11.6 Å². The van der Waals surface area contributed by atoms with Crippen molar-refractivity contribution in [2.45, 2.75) is 20.3 Å². The minimum Gasteiger partial charge on any atom is -0.395 e. The lowest BCUT2D eigenvalue weighted by atomic mass is 10.4. The number of anilines is 2. The van der Waals surface area contributed by atoms with E-state index in [1.807, 2.05) is 18.7 Å². The fraction of sp³-hybridized carbons (Fsp3) is 0.600. The normalized spacial score (nSPS) is 10.2. The van der Waals surface area contributed by atoms with E-state index in [0.29, 0.717) is 12.4 Å². The van der Waals surface area contributed by atoms with Gasteiger partial charge >= 0.3 is 0 Å². The van der Waals surface area contributed by atoms with Crippen LogP contribution in [-0.2, 0) is 6.42 Å². The van der Waals surface area contributed by atoms with E-state index >= 15 is 0 Å². The first-order chi connectivity index (χ1) is 7.74. The molecule has 0 aliphatic carbocycles. The zero-order valence-corrected chi connectivity index (χ0v) is 9.77. The number of aromatic nitrogens is 2. The molecule has 0 amide bonds. The summed E-state index contributed by atoms with van der Waals surface area (Å²) in [5.41, 5.74) is 2.52. The van der Waals surface area contributed by atoms with Gasteiger partial charge in [0.2, 0.25) is 0 Å². The molecule has 16 heavy (non-hydrogen) atoms. The van der Waals surface area contributed by atoms with Crippen molar-refractivity contribution < 1.29 is 5.11 Å². The number of aliphatic hydroxyl groups is 1. The van der Waals surface area contributed by atoms with Crippen molar-refractivity contribution >= 4 is 11.6 Å². The molecule has 0 aromatic carbocycles. The fourth-order valence-electron chi connectivity index (χ4n) is 1.43. The molecule has 6 nitrogen and oxygen atoms in total. The molecule has 90 valence electrons. The number of nitrogens with one attached hydrogen (secondary N) is 1. The van der Waals surface area contributed by atoms with Gasteiger partial charge in [0.1, 0.15) is 17.5 Å². The molecule has 0 aliphatic heterocycles. The first kappa shape index (κ1) is 12.7. The lowest BCUT2D eigenvalue weighted by molar-refractivity contribution is 0.302. The third-order valence-electron chi connectivity index (χ3n) is 2.30. The van der Waals surface area contributed by atoms with Gasteiger partial charge in [-0.25, -0.2) is 15.8 Å². The average molecular weight is 225 g/mol. The Balaban J connectivity index is 3.00. The Morgan fingerprint density at radius 3 is 2.69 bits per heavy atom. The number of aliphatic hydroxyl groups excluding tert-OH is 1. The number of hydrogen-bond acceptors (Lipinski definition) is 6. The molecule has 1 aromatic rings. The van der Waals surface area contributed by atoms with Crippen LogP contribution in [0.3, 0.4) is 0 Å². The molecular formula is C10H19N5O. The monoisotopic (exact) mass is 225 g/mol. The van der Waals surface area contributed by atoms with Crippen LogP contribution in [-0.4, -0.2) is 34.8 Å². The average Bonchev–Trinajstić information content (AvgIpc) is 2.35. The maximum absolute atomic E-state index is 8.96. The molecule has 0 bridgehead atoms. The van der Waals surface area contributed by atoms with E-state index in [1.54, 1.807) is 6.07 Å². The van der Waals surface area contributed by atoms with Crippen LogP contribution in [0.5, 0.6) is 0 Å². The van der Waals surface area contributed by atoms with Gasteiger partial charge in [-0.2, -0.15) is 0 Å². The molecule has 4 N–H and O–H groups in total. The Hall–Kier alpha value is -1.40. The highest BCUT2D eigenvalue weighted by Crippen LogP contribution is 2.15. The molecule has 1 aromatic heterocycles. The van der Waals surface area contributed by atoms with Crippen molar-refractivity contribution in [1.29, 1.82) is 0 Å². The van der Waals surface area contributed by atoms with Crippen LogP contribution in [0.1, 0.15) is 19.7 Å². The maximum atomic E-state index is 8.96. The summed E-state index contributed by atoms with van der Waals surface area (Å²) in [5, 5.41) is 8.96. The summed E-state index contributed by atoms with van der Waals surface area (Å²) in [5.74, 6) is 7.47. The maximum Gasteiger partial charge on any atom is 0.145 e. The Morgan fingerprint density at radius 2 is 2.19 bits per heavy atom. The highest BCUT2D eigenvalue weighted by atomic mass is 16.3. The SMILES string of the molecule is CCc1nc(NN)cc(N(CC)CCO)n1. The topological polar surface area (TPSA) is 87.3 Å². The number of likely N-dealkylation sites (N-methyl/N-ethyl adjacent to an activating group) is 1. The number of hydrazine groups is 1. The zero-order chi connectivity index (χ0) is 12.0. The number of rotatable bonds is 6. The lowest BCUT2D eigenvalue weighted by Gasteiger charge is -2.21. The predicted molar refractivity (Wildman–Crippen MR) is 64.2 cm³/mol. The summed E-state index contributed by atoms with van der Waals surface area (Å²) < 4.78 is 0. The van der Waals surface area contributed by atoms with Crippen molar-refractivity contribution in [3.8, 4) is 0 Å². The van der Waals surface area contributed by atoms with E-state index in [2.05, 4.69) is 15.4 Å². The Labute approximate surface area is 95.5 Å². The fourth-order valence-corrected chi connectivity index (χ4v) is 1.43. The van der Waals surface area contributed by atoms with Gasteiger partial charge in [-0.05, 0) is 6.92 Å². The number of hydrogen-bond donors (Lipinski definition) is 3. The van der Waals surface area contributed by atoms with Gasteiger partial charge in [0.05, 0.1) is 6.61 Å². The second-order valence-electron chi connectivity index (χ2n) is 3.33. The third-order valence-corrected chi connectivity index (χ3v) is 2.30. The van der Waals surface area contributed by atoms with E-state index in [9.17, 15) is 0 Å². The van der Waals surface area contributed by atoms with Crippen molar-refractivity contribution in [2.24, 2.45) is 5.84 Å². The van der Waals surface area contributed by atoms with Crippen LogP contribution in [0, 0.1) is 0 Å². The van der Waals surface area contributed by atoms with E-state index < -0.39 is 0 Å². The van der Waals surface area contributed by atoms with Gasteiger partial charge in [-0.15, -0.1) is 0 Å². The van der Waals surface area contributed by atoms with Crippen molar-refractivity contribution in [1.82, 2.24) is 9.97 Å². The lowest BCUT2D eigenvalue weighted by Crippen LogP contribution is -2.28. The molecule has 1 heterocycles. The summed E-state index contributed by atoms with van der Waals surface area (Å²) in [4.78, 5) is 10.6. The number of nitrogens with zero attached hydrogens (tertiary/aromatic N) is 3. The van der Waals surface area contributed by atoms with E-state index in [4.69, 9.17) is 10.9 Å². The molecule has 0 radical (unpaired) electrons. The van der Waals surface area contributed by atoms with Gasteiger partial charge in [-0.3, -0.25) is 0 Å². The van der Waals surface area contributed by atoms with E-state index in [1.165, 1.54) is 0 Å².